The molecule has 0 fully saturated rings. The Bertz CT molecular complexity index is 513. The summed E-state index contributed by atoms with van der Waals surface area (Å²) in [6, 6.07) is 0.0184. The quantitative estimate of drug-likeness (QED) is 0.834. The predicted octanol–water partition coefficient (Wildman–Crippen LogP) is 3.12. The van der Waals surface area contributed by atoms with Crippen molar-refractivity contribution in [1.29, 1.82) is 0 Å². The van der Waals surface area contributed by atoms with Crippen LogP contribution in [-0.4, -0.2) is 19.7 Å². The minimum Gasteiger partial charge on any atom is -0.337 e. The first-order valence-corrected chi connectivity index (χ1v) is 6.37. The normalized spacial score (nSPS) is 13.5. The van der Waals surface area contributed by atoms with Crippen LogP contribution in [0.4, 0.5) is 0 Å². The van der Waals surface area contributed by atoms with Crippen LogP contribution in [-0.2, 0) is 0 Å². The summed E-state index contributed by atoms with van der Waals surface area (Å²) in [5.74, 6) is 3.07. The fourth-order valence-electron chi connectivity index (χ4n) is 1.87. The highest BCUT2D eigenvalue weighted by molar-refractivity contribution is 5.05. The maximum absolute atomic E-state index is 5.34. The summed E-state index contributed by atoms with van der Waals surface area (Å²) in [5, 5.41) is 4.00. The number of aromatic nitrogens is 4. The molecule has 2 aromatic heterocycles. The molecule has 1 atom stereocenters. The van der Waals surface area contributed by atoms with Crippen molar-refractivity contribution in [2.75, 3.05) is 0 Å². The molecular formula is C13H20N4O. The summed E-state index contributed by atoms with van der Waals surface area (Å²) in [4.78, 5) is 8.82. The average Bonchev–Trinajstić information content (AvgIpc) is 2.97. The van der Waals surface area contributed by atoms with Crippen molar-refractivity contribution in [3.05, 3.63) is 29.9 Å². The Kier molecular flexibility index (Phi) is 3.50. The van der Waals surface area contributed by atoms with E-state index in [1.165, 1.54) is 0 Å². The third-order valence-electron chi connectivity index (χ3n) is 2.96. The van der Waals surface area contributed by atoms with Crippen molar-refractivity contribution in [3.8, 4) is 0 Å². The minimum atomic E-state index is 0.0184. The van der Waals surface area contributed by atoms with Gasteiger partial charge in [-0.3, -0.25) is 0 Å². The van der Waals surface area contributed by atoms with E-state index >= 15 is 0 Å². The molecule has 2 heterocycles. The topological polar surface area (TPSA) is 56.7 Å². The lowest BCUT2D eigenvalue weighted by atomic mass is 10.2. The van der Waals surface area contributed by atoms with E-state index in [0.717, 1.165) is 11.6 Å². The van der Waals surface area contributed by atoms with Crippen LogP contribution in [0.25, 0.3) is 0 Å². The summed E-state index contributed by atoms with van der Waals surface area (Å²) in [7, 11) is 0. The van der Waals surface area contributed by atoms with Crippen LogP contribution < -0.4 is 0 Å². The monoisotopic (exact) mass is 248 g/mol. The van der Waals surface area contributed by atoms with Crippen molar-refractivity contribution in [3.63, 3.8) is 0 Å². The molecule has 0 spiro atoms. The van der Waals surface area contributed by atoms with Crippen molar-refractivity contribution >= 4 is 0 Å². The molecule has 5 nitrogen and oxygen atoms in total. The molecule has 98 valence electrons. The molecule has 18 heavy (non-hydrogen) atoms. The van der Waals surface area contributed by atoms with Crippen molar-refractivity contribution in [2.24, 2.45) is 0 Å². The van der Waals surface area contributed by atoms with E-state index in [4.69, 9.17) is 4.52 Å². The maximum atomic E-state index is 5.34. The number of hydrogen-bond donors (Lipinski definition) is 0. The lowest BCUT2D eigenvalue weighted by Gasteiger charge is -2.14. The Labute approximate surface area is 107 Å². The van der Waals surface area contributed by atoms with Gasteiger partial charge in [-0.1, -0.05) is 32.9 Å². The van der Waals surface area contributed by atoms with Crippen molar-refractivity contribution in [1.82, 2.24) is 19.7 Å². The molecule has 5 heteroatoms. The Hall–Kier alpha value is -1.65. The Morgan fingerprint density at radius 1 is 1.11 bits per heavy atom. The Morgan fingerprint density at radius 2 is 1.83 bits per heavy atom. The zero-order valence-corrected chi connectivity index (χ0v) is 11.6. The molecular weight excluding hydrogens is 228 g/mol. The molecule has 0 aliphatic rings. The van der Waals surface area contributed by atoms with Gasteiger partial charge in [0.25, 0.3) is 0 Å². The summed E-state index contributed by atoms with van der Waals surface area (Å²) in [6.07, 6.45) is 3.77. The molecule has 2 aromatic rings. The summed E-state index contributed by atoms with van der Waals surface area (Å²) >= 11 is 0. The zero-order chi connectivity index (χ0) is 13.3. The first-order valence-electron chi connectivity index (χ1n) is 6.37. The van der Waals surface area contributed by atoms with Gasteiger partial charge in [0.15, 0.2) is 5.82 Å². The molecule has 0 aliphatic heterocycles. The van der Waals surface area contributed by atoms with Crippen LogP contribution >= 0.6 is 0 Å². The molecule has 0 aromatic carbocycles. The Morgan fingerprint density at radius 3 is 2.39 bits per heavy atom. The molecule has 0 radical (unpaired) electrons. The third-order valence-corrected chi connectivity index (χ3v) is 2.96. The highest BCUT2D eigenvalue weighted by Gasteiger charge is 2.20. The molecule has 0 unspecified atom stereocenters. The summed E-state index contributed by atoms with van der Waals surface area (Å²) in [6.45, 7) is 10.4. The molecule has 0 aliphatic carbocycles. The van der Waals surface area contributed by atoms with Gasteiger partial charge in [-0.2, -0.15) is 4.98 Å². The maximum Gasteiger partial charge on any atom is 0.249 e. The third kappa shape index (κ3) is 2.30. The van der Waals surface area contributed by atoms with Crippen LogP contribution in [0.5, 0.6) is 0 Å². The predicted molar refractivity (Wildman–Crippen MR) is 68.5 cm³/mol. The lowest BCUT2D eigenvalue weighted by molar-refractivity contribution is 0.337. The summed E-state index contributed by atoms with van der Waals surface area (Å²) < 4.78 is 7.42. The highest BCUT2D eigenvalue weighted by atomic mass is 16.5. The van der Waals surface area contributed by atoms with E-state index in [1.807, 2.05) is 19.3 Å². The second-order valence-electron chi connectivity index (χ2n) is 5.17. The van der Waals surface area contributed by atoms with Crippen molar-refractivity contribution in [2.45, 2.75) is 52.5 Å². The van der Waals surface area contributed by atoms with Gasteiger partial charge >= 0.3 is 0 Å². The molecule has 0 bridgehead atoms. The zero-order valence-electron chi connectivity index (χ0n) is 11.6. The molecule has 0 amide bonds. The number of nitrogens with zero attached hydrogens (tertiary/aromatic N) is 4. The first kappa shape index (κ1) is 12.8. The first-order chi connectivity index (χ1) is 8.50. The van der Waals surface area contributed by atoms with Gasteiger partial charge in [-0.25, -0.2) is 4.98 Å². The van der Waals surface area contributed by atoms with E-state index in [2.05, 4.69) is 47.4 Å². The van der Waals surface area contributed by atoms with E-state index in [1.54, 1.807) is 0 Å². The van der Waals surface area contributed by atoms with Crippen LogP contribution in [0.15, 0.2) is 16.9 Å². The number of rotatable bonds is 4. The smallest absolute Gasteiger partial charge is 0.249 e. The minimum absolute atomic E-state index is 0.0184. The second kappa shape index (κ2) is 4.92. The van der Waals surface area contributed by atoms with Gasteiger partial charge in [0.1, 0.15) is 11.9 Å². The number of hydrogen-bond acceptors (Lipinski definition) is 4. The van der Waals surface area contributed by atoms with Crippen LogP contribution in [0, 0.1) is 0 Å². The van der Waals surface area contributed by atoms with Gasteiger partial charge in [0.05, 0.1) is 0 Å². The van der Waals surface area contributed by atoms with Gasteiger partial charge in [-0.05, 0) is 6.92 Å². The summed E-state index contributed by atoms with van der Waals surface area (Å²) in [5.41, 5.74) is 0. The Balaban J connectivity index is 2.29. The van der Waals surface area contributed by atoms with Gasteiger partial charge in [-0.15, -0.1) is 0 Å². The van der Waals surface area contributed by atoms with E-state index < -0.39 is 0 Å². The van der Waals surface area contributed by atoms with Crippen LogP contribution in [0.1, 0.15) is 70.0 Å². The van der Waals surface area contributed by atoms with Crippen LogP contribution in [0.2, 0.25) is 0 Å². The van der Waals surface area contributed by atoms with E-state index in [-0.39, 0.29) is 12.0 Å². The van der Waals surface area contributed by atoms with E-state index in [9.17, 15) is 0 Å². The standard InChI is InChI=1S/C13H20N4O/c1-8(2)11-15-13(18-16-11)10(5)17-7-6-14-12(17)9(3)4/h6-10H,1-5H3/t10-/m0/s1. The molecule has 0 N–H and O–H groups in total. The van der Waals surface area contributed by atoms with Gasteiger partial charge < -0.3 is 9.09 Å². The van der Waals surface area contributed by atoms with Crippen LogP contribution in [0.3, 0.4) is 0 Å². The highest BCUT2D eigenvalue weighted by Crippen LogP contribution is 2.23. The van der Waals surface area contributed by atoms with E-state index in [0.29, 0.717) is 11.8 Å². The largest absolute Gasteiger partial charge is 0.337 e. The fourth-order valence-corrected chi connectivity index (χ4v) is 1.87. The van der Waals surface area contributed by atoms with Gasteiger partial charge in [0, 0.05) is 24.2 Å². The second-order valence-corrected chi connectivity index (χ2v) is 5.17. The molecule has 2 rings (SSSR count). The number of imidazole rings is 1. The van der Waals surface area contributed by atoms with Gasteiger partial charge in [0.2, 0.25) is 5.89 Å². The van der Waals surface area contributed by atoms with Crippen molar-refractivity contribution < 1.29 is 4.52 Å². The lowest BCUT2D eigenvalue weighted by Crippen LogP contribution is -2.11. The average molecular weight is 248 g/mol. The molecule has 0 saturated heterocycles. The fraction of sp³-hybridized carbons (Fsp3) is 0.615. The molecule has 0 saturated carbocycles. The SMILES string of the molecule is CC(C)c1noc([C@H](C)n2ccnc2C(C)C)n1.